The van der Waals surface area contributed by atoms with Gasteiger partial charge in [-0.25, -0.2) is 9.37 Å². The normalized spacial score (nSPS) is 10.5. The lowest BCUT2D eigenvalue weighted by molar-refractivity contribution is -0.120. The Labute approximate surface area is 157 Å². The fraction of sp³-hybridized carbons (Fsp3) is 0.167. The first-order valence-electron chi connectivity index (χ1n) is 7.90. The Hall–Kier alpha value is -2.58. The molecule has 0 aliphatic heterocycles. The first-order chi connectivity index (χ1) is 12.6. The average Bonchev–Trinajstić information content (AvgIpc) is 3.29. The van der Waals surface area contributed by atoms with Crippen molar-refractivity contribution in [2.24, 2.45) is 0 Å². The Morgan fingerprint density at radius 2 is 1.92 bits per heavy atom. The molecule has 0 aliphatic rings. The molecule has 0 saturated carbocycles. The minimum Gasteiger partial charge on any atom is -0.355 e. The maximum atomic E-state index is 12.8. The van der Waals surface area contributed by atoms with Crippen molar-refractivity contribution in [1.29, 1.82) is 0 Å². The largest absolute Gasteiger partial charge is 0.355 e. The van der Waals surface area contributed by atoms with Crippen molar-refractivity contribution in [2.45, 2.75) is 12.8 Å². The third-order valence-corrected chi connectivity index (χ3v) is 5.18. The molecule has 0 aliphatic carbocycles. The number of nitrogens with zero attached hydrogens (tertiary/aromatic N) is 1. The molecule has 3 aromatic rings. The zero-order chi connectivity index (χ0) is 18.4. The number of amides is 2. The lowest BCUT2D eigenvalue weighted by atomic mass is 10.1. The number of hydrogen-bond donors (Lipinski definition) is 2. The molecule has 26 heavy (non-hydrogen) atoms. The van der Waals surface area contributed by atoms with Gasteiger partial charge in [-0.15, -0.1) is 22.7 Å². The van der Waals surface area contributed by atoms with Crippen LogP contribution in [0, 0.1) is 5.82 Å². The molecule has 134 valence electrons. The Morgan fingerprint density at radius 3 is 2.65 bits per heavy atom. The van der Waals surface area contributed by atoms with Crippen molar-refractivity contribution < 1.29 is 14.0 Å². The molecule has 0 spiro atoms. The first-order valence-corrected chi connectivity index (χ1v) is 9.66. The Bertz CT molecular complexity index is 876. The molecule has 0 unspecified atom stereocenters. The van der Waals surface area contributed by atoms with Crippen molar-refractivity contribution in [2.75, 3.05) is 11.9 Å². The van der Waals surface area contributed by atoms with E-state index in [-0.39, 0.29) is 24.1 Å². The summed E-state index contributed by atoms with van der Waals surface area (Å²) in [5.41, 5.74) is 1.56. The van der Waals surface area contributed by atoms with Crippen LogP contribution in [0.1, 0.15) is 20.9 Å². The summed E-state index contributed by atoms with van der Waals surface area (Å²) in [5, 5.41) is 9.59. The summed E-state index contributed by atoms with van der Waals surface area (Å²) in [7, 11) is 0. The number of aromatic nitrogens is 1. The molecule has 2 aromatic heterocycles. The van der Waals surface area contributed by atoms with E-state index < -0.39 is 0 Å². The van der Waals surface area contributed by atoms with Gasteiger partial charge < -0.3 is 5.32 Å². The number of rotatable bonds is 7. The summed E-state index contributed by atoms with van der Waals surface area (Å²) in [4.78, 5) is 28.8. The Balaban J connectivity index is 1.44. The van der Waals surface area contributed by atoms with Crippen LogP contribution in [0.3, 0.4) is 0 Å². The van der Waals surface area contributed by atoms with Gasteiger partial charge in [0, 0.05) is 11.9 Å². The molecule has 0 radical (unpaired) electrons. The predicted molar refractivity (Wildman–Crippen MR) is 101 cm³/mol. The topological polar surface area (TPSA) is 71.1 Å². The highest BCUT2D eigenvalue weighted by Crippen LogP contribution is 2.18. The van der Waals surface area contributed by atoms with E-state index in [0.717, 1.165) is 5.56 Å². The van der Waals surface area contributed by atoms with Gasteiger partial charge in [0.2, 0.25) is 5.91 Å². The molecule has 8 heteroatoms. The maximum Gasteiger partial charge on any atom is 0.267 e. The number of nitrogens with one attached hydrogen (secondary N) is 2. The number of benzene rings is 1. The van der Waals surface area contributed by atoms with Crippen LogP contribution in [0.4, 0.5) is 9.52 Å². The van der Waals surface area contributed by atoms with E-state index >= 15 is 0 Å². The summed E-state index contributed by atoms with van der Waals surface area (Å²) in [5.74, 6) is -0.624. The van der Waals surface area contributed by atoms with Crippen LogP contribution < -0.4 is 10.6 Å². The number of carbonyl (C=O) groups is 2. The minimum absolute atomic E-state index is 0.145. The van der Waals surface area contributed by atoms with Gasteiger partial charge in [-0.1, -0.05) is 18.2 Å². The number of carbonyl (C=O) groups excluding carboxylic acids is 2. The van der Waals surface area contributed by atoms with E-state index in [2.05, 4.69) is 15.6 Å². The van der Waals surface area contributed by atoms with Crippen molar-refractivity contribution >= 4 is 39.6 Å². The van der Waals surface area contributed by atoms with Crippen LogP contribution in [0.2, 0.25) is 0 Å². The van der Waals surface area contributed by atoms with E-state index in [4.69, 9.17) is 0 Å². The number of thiophene rings is 1. The third-order valence-electron chi connectivity index (χ3n) is 3.51. The number of halogens is 1. The van der Waals surface area contributed by atoms with Crippen LogP contribution >= 0.6 is 22.7 Å². The first kappa shape index (κ1) is 18.2. The van der Waals surface area contributed by atoms with Gasteiger partial charge in [-0.05, 0) is 35.6 Å². The molecule has 5 nitrogen and oxygen atoms in total. The summed E-state index contributed by atoms with van der Waals surface area (Å²) in [6.45, 7) is 0.469. The molecule has 1 aromatic carbocycles. The quantitative estimate of drug-likeness (QED) is 0.650. The van der Waals surface area contributed by atoms with E-state index in [1.165, 1.54) is 34.8 Å². The van der Waals surface area contributed by atoms with E-state index in [1.807, 2.05) is 11.4 Å². The standard InChI is InChI=1S/C18H16FN3O2S2/c19-13-5-3-12(4-6-13)7-8-20-16(23)10-14-11-26-18(21-14)22-17(24)15-2-1-9-25-15/h1-6,9,11H,7-8,10H2,(H,20,23)(H,21,22,24). The smallest absolute Gasteiger partial charge is 0.267 e. The second-order valence-electron chi connectivity index (χ2n) is 5.48. The van der Waals surface area contributed by atoms with Crippen molar-refractivity contribution in [3.05, 3.63) is 69.1 Å². The van der Waals surface area contributed by atoms with Crippen molar-refractivity contribution in [3.8, 4) is 0 Å². The SMILES string of the molecule is O=C(Cc1csc(NC(=O)c2cccs2)n1)NCCc1ccc(F)cc1. The zero-order valence-electron chi connectivity index (χ0n) is 13.7. The van der Waals surface area contributed by atoms with Crippen LogP contribution in [0.25, 0.3) is 0 Å². The lowest BCUT2D eigenvalue weighted by Gasteiger charge is -2.04. The van der Waals surface area contributed by atoms with Gasteiger partial charge in [0.1, 0.15) is 5.82 Å². The van der Waals surface area contributed by atoms with Crippen LogP contribution in [0.15, 0.2) is 47.2 Å². The van der Waals surface area contributed by atoms with Gasteiger partial charge in [-0.3, -0.25) is 14.9 Å². The highest BCUT2D eigenvalue weighted by atomic mass is 32.1. The summed E-state index contributed by atoms with van der Waals surface area (Å²) in [6, 6.07) is 9.75. The number of hydrogen-bond acceptors (Lipinski definition) is 5. The fourth-order valence-electron chi connectivity index (χ4n) is 2.24. The minimum atomic E-state index is -0.275. The van der Waals surface area contributed by atoms with E-state index in [1.54, 1.807) is 23.6 Å². The zero-order valence-corrected chi connectivity index (χ0v) is 15.3. The van der Waals surface area contributed by atoms with E-state index in [9.17, 15) is 14.0 Å². The van der Waals surface area contributed by atoms with Crippen molar-refractivity contribution in [1.82, 2.24) is 10.3 Å². The molecule has 2 heterocycles. The molecule has 3 rings (SSSR count). The molecule has 0 atom stereocenters. The molecular formula is C18H16FN3O2S2. The van der Waals surface area contributed by atoms with Crippen molar-refractivity contribution in [3.63, 3.8) is 0 Å². The van der Waals surface area contributed by atoms with Gasteiger partial charge in [0.25, 0.3) is 5.91 Å². The van der Waals surface area contributed by atoms with Gasteiger partial charge in [0.15, 0.2) is 5.13 Å². The summed E-state index contributed by atoms with van der Waals surface area (Å²) < 4.78 is 12.8. The second kappa shape index (κ2) is 8.68. The van der Waals surface area contributed by atoms with Gasteiger partial charge >= 0.3 is 0 Å². The maximum absolute atomic E-state index is 12.8. The predicted octanol–water partition coefficient (Wildman–Crippen LogP) is 3.50. The summed E-state index contributed by atoms with van der Waals surface area (Å²) in [6.07, 6.45) is 0.778. The van der Waals surface area contributed by atoms with Crippen LogP contribution in [0.5, 0.6) is 0 Å². The molecule has 2 N–H and O–H groups in total. The molecule has 0 fully saturated rings. The highest BCUT2D eigenvalue weighted by molar-refractivity contribution is 7.14. The van der Waals surface area contributed by atoms with Crippen LogP contribution in [-0.4, -0.2) is 23.3 Å². The third kappa shape index (κ3) is 5.21. The Morgan fingerprint density at radius 1 is 1.12 bits per heavy atom. The molecule has 2 amide bonds. The molecular weight excluding hydrogens is 373 g/mol. The van der Waals surface area contributed by atoms with Gasteiger partial charge in [-0.2, -0.15) is 0 Å². The Kier molecular flexibility index (Phi) is 6.08. The number of thiazole rings is 1. The number of anilines is 1. The van der Waals surface area contributed by atoms with Crippen LogP contribution in [-0.2, 0) is 17.6 Å². The van der Waals surface area contributed by atoms with Gasteiger partial charge in [0.05, 0.1) is 17.0 Å². The fourth-order valence-corrected chi connectivity index (χ4v) is 3.56. The highest BCUT2D eigenvalue weighted by Gasteiger charge is 2.11. The lowest BCUT2D eigenvalue weighted by Crippen LogP contribution is -2.27. The second-order valence-corrected chi connectivity index (χ2v) is 7.28. The average molecular weight is 389 g/mol. The summed E-state index contributed by atoms with van der Waals surface area (Å²) >= 11 is 2.64. The molecule has 0 bridgehead atoms. The van der Waals surface area contributed by atoms with E-state index in [0.29, 0.717) is 28.7 Å². The molecule has 0 saturated heterocycles. The monoisotopic (exact) mass is 389 g/mol.